The van der Waals surface area contributed by atoms with Gasteiger partial charge in [-0.15, -0.1) is 0 Å². The Hall–Kier alpha value is 0.162. The van der Waals surface area contributed by atoms with Crippen molar-refractivity contribution < 1.29 is 0 Å². The summed E-state index contributed by atoms with van der Waals surface area (Å²) in [5.74, 6) is 0. The van der Waals surface area contributed by atoms with Gasteiger partial charge in [-0.25, -0.2) is 0 Å². The van der Waals surface area contributed by atoms with E-state index in [1.165, 1.54) is 0 Å². The van der Waals surface area contributed by atoms with E-state index in [2.05, 4.69) is 55.1 Å². The van der Waals surface area contributed by atoms with E-state index < -0.39 is 8.40 Å². The molecule has 64 valence electrons. The number of nitrogens with zero attached hydrogens (tertiary/aromatic N) is 3. The molecular weight excluding hydrogens is 153 g/mol. The Morgan fingerprint density at radius 1 is 1.09 bits per heavy atom. The zero-order valence-electron chi connectivity index (χ0n) is 8.42. The number of rotatable bonds is 0. The minimum absolute atomic E-state index is 0.557. The molecule has 0 atom stereocenters. The predicted molar refractivity (Wildman–Crippen MR) is 52.4 cm³/mol. The smallest absolute Gasteiger partial charge is 0.314 e. The maximum atomic E-state index is 2.49. The second-order valence-corrected chi connectivity index (χ2v) is 8.18. The predicted octanol–water partition coefficient (Wildman–Crippen LogP) is 0.530. The van der Waals surface area contributed by atoms with Gasteiger partial charge in [0, 0.05) is 0 Å². The van der Waals surface area contributed by atoms with E-state index in [1.54, 1.807) is 0 Å². The minimum Gasteiger partial charge on any atom is -0.340 e. The lowest BCUT2D eigenvalue weighted by atomic mass is 9.80. The van der Waals surface area contributed by atoms with Crippen molar-refractivity contribution in [3.8, 4) is 0 Å². The zero-order chi connectivity index (χ0) is 8.81. The van der Waals surface area contributed by atoms with E-state index in [0.717, 1.165) is 0 Å². The highest BCUT2D eigenvalue weighted by Gasteiger charge is 2.47. The number of hydrazine groups is 1. The topological polar surface area (TPSA) is 9.72 Å². The molecular formula is C6H18BN3Si. The Morgan fingerprint density at radius 3 is 1.64 bits per heavy atom. The van der Waals surface area contributed by atoms with Gasteiger partial charge in [0.25, 0.3) is 0 Å². The van der Waals surface area contributed by atoms with Crippen molar-refractivity contribution in [3.63, 3.8) is 0 Å². The Labute approximate surface area is 71.2 Å². The van der Waals surface area contributed by atoms with Crippen molar-refractivity contribution in [3.05, 3.63) is 0 Å². The van der Waals surface area contributed by atoms with E-state index >= 15 is 0 Å². The molecule has 1 aliphatic heterocycles. The Morgan fingerprint density at radius 2 is 1.55 bits per heavy atom. The average Bonchev–Trinajstić information content (AvgIpc) is 2.06. The molecule has 1 aliphatic rings. The van der Waals surface area contributed by atoms with Crippen molar-refractivity contribution in [2.24, 2.45) is 0 Å². The zero-order valence-corrected chi connectivity index (χ0v) is 9.42. The molecule has 0 aromatic rings. The maximum Gasteiger partial charge on any atom is 0.314 e. The van der Waals surface area contributed by atoms with Gasteiger partial charge in [0.15, 0.2) is 0 Å². The van der Waals surface area contributed by atoms with E-state index in [9.17, 15) is 0 Å². The van der Waals surface area contributed by atoms with Gasteiger partial charge in [-0.1, -0.05) is 6.82 Å². The van der Waals surface area contributed by atoms with Crippen LogP contribution in [0.4, 0.5) is 0 Å². The highest BCUT2D eigenvalue weighted by molar-refractivity contribution is 6.83. The molecule has 1 saturated heterocycles. The third-order valence-corrected chi connectivity index (χ3v) is 7.23. The van der Waals surface area contributed by atoms with Gasteiger partial charge in [0.05, 0.1) is 0 Å². The van der Waals surface area contributed by atoms with E-state index in [0.29, 0.717) is 6.98 Å². The standard InChI is InChI=1S/C6H18BN3Si/c1-7-8(2)10(4)11(5,6)9(7)3/h1-6H3. The first-order valence-corrected chi connectivity index (χ1v) is 6.98. The van der Waals surface area contributed by atoms with Crippen molar-refractivity contribution in [2.45, 2.75) is 19.9 Å². The molecule has 0 aromatic heterocycles. The molecule has 11 heavy (non-hydrogen) atoms. The molecule has 3 nitrogen and oxygen atoms in total. The van der Waals surface area contributed by atoms with Gasteiger partial charge in [-0.05, 0) is 34.2 Å². The molecule has 0 bridgehead atoms. The fraction of sp³-hybridized carbons (Fsp3) is 1.00. The van der Waals surface area contributed by atoms with Gasteiger partial charge >= 0.3 is 6.98 Å². The van der Waals surface area contributed by atoms with Crippen molar-refractivity contribution in [2.75, 3.05) is 21.1 Å². The summed E-state index contributed by atoms with van der Waals surface area (Å²) >= 11 is 0. The molecule has 0 aromatic carbocycles. The van der Waals surface area contributed by atoms with Gasteiger partial charge in [-0.2, -0.15) is 0 Å². The van der Waals surface area contributed by atoms with Crippen LogP contribution >= 0.6 is 0 Å². The van der Waals surface area contributed by atoms with Crippen LogP contribution in [0.2, 0.25) is 19.9 Å². The lowest BCUT2D eigenvalue weighted by Crippen LogP contribution is -2.52. The summed E-state index contributed by atoms with van der Waals surface area (Å²) in [4.78, 5) is 2.31. The van der Waals surface area contributed by atoms with E-state index in [1.807, 2.05) is 0 Å². The quantitative estimate of drug-likeness (QED) is 0.492. The van der Waals surface area contributed by atoms with Crippen molar-refractivity contribution >= 4 is 15.4 Å². The summed E-state index contributed by atoms with van der Waals surface area (Å²) in [6, 6.07) is 0. The summed E-state index contributed by atoms with van der Waals surface area (Å²) in [6.45, 7) is 7.54. The minimum atomic E-state index is -1.28. The van der Waals surface area contributed by atoms with Crippen LogP contribution in [0, 0.1) is 0 Å². The normalized spacial score (nSPS) is 28.4. The van der Waals surface area contributed by atoms with Crippen LogP contribution in [0.25, 0.3) is 0 Å². The molecule has 0 saturated carbocycles. The summed E-state index contributed by atoms with van der Waals surface area (Å²) in [5, 5.41) is 0. The van der Waals surface area contributed by atoms with Gasteiger partial charge in [0.1, 0.15) is 0 Å². The molecule has 0 aliphatic carbocycles. The van der Waals surface area contributed by atoms with Crippen LogP contribution in [0.15, 0.2) is 0 Å². The van der Waals surface area contributed by atoms with Crippen LogP contribution < -0.4 is 0 Å². The summed E-state index contributed by atoms with van der Waals surface area (Å²) < 4.78 is 4.89. The monoisotopic (exact) mass is 171 g/mol. The fourth-order valence-electron chi connectivity index (χ4n) is 1.57. The SMILES string of the molecule is CB1N(C)N(C)[Si](C)(C)N1C. The highest BCUT2D eigenvalue weighted by Crippen LogP contribution is 2.23. The average molecular weight is 171 g/mol. The Balaban J connectivity index is 2.87. The van der Waals surface area contributed by atoms with Crippen LogP contribution in [0.3, 0.4) is 0 Å². The van der Waals surface area contributed by atoms with E-state index in [4.69, 9.17) is 0 Å². The summed E-state index contributed by atoms with van der Waals surface area (Å²) in [5.41, 5.74) is 0. The third-order valence-electron chi connectivity index (χ3n) is 3.23. The van der Waals surface area contributed by atoms with Crippen LogP contribution in [-0.4, -0.2) is 50.6 Å². The first kappa shape index (κ1) is 9.25. The molecule has 0 unspecified atom stereocenters. The highest BCUT2D eigenvalue weighted by atomic mass is 28.3. The number of hydrogen-bond acceptors (Lipinski definition) is 3. The largest absolute Gasteiger partial charge is 0.340 e. The number of hydrogen-bond donors (Lipinski definition) is 0. The molecule has 0 radical (unpaired) electrons. The Kier molecular flexibility index (Phi) is 2.17. The lowest BCUT2D eigenvalue weighted by molar-refractivity contribution is 0.238. The molecule has 0 spiro atoms. The van der Waals surface area contributed by atoms with Crippen LogP contribution in [-0.2, 0) is 0 Å². The lowest BCUT2D eigenvalue weighted by Gasteiger charge is -2.32. The molecule has 0 N–H and O–H groups in total. The van der Waals surface area contributed by atoms with Crippen molar-refractivity contribution in [1.82, 2.24) is 14.1 Å². The molecule has 1 heterocycles. The van der Waals surface area contributed by atoms with Crippen LogP contribution in [0.1, 0.15) is 0 Å². The van der Waals surface area contributed by atoms with Gasteiger partial charge < -0.3 is 4.48 Å². The fourth-order valence-corrected chi connectivity index (χ4v) is 4.05. The van der Waals surface area contributed by atoms with E-state index in [-0.39, 0.29) is 0 Å². The second-order valence-electron chi connectivity index (χ2n) is 3.83. The van der Waals surface area contributed by atoms with Crippen molar-refractivity contribution in [1.29, 1.82) is 0 Å². The third kappa shape index (κ3) is 1.16. The first-order valence-electron chi connectivity index (χ1n) is 4.08. The molecule has 1 rings (SSSR count). The van der Waals surface area contributed by atoms with Crippen LogP contribution in [0.5, 0.6) is 0 Å². The van der Waals surface area contributed by atoms with Gasteiger partial charge in [0.2, 0.25) is 8.40 Å². The summed E-state index contributed by atoms with van der Waals surface area (Å²) in [7, 11) is 5.28. The van der Waals surface area contributed by atoms with Gasteiger partial charge in [-0.3, -0.25) is 9.59 Å². The molecule has 0 amide bonds. The first-order chi connectivity index (χ1) is 4.89. The Bertz CT molecular complexity index is 148. The maximum absolute atomic E-state index is 2.49. The molecule has 1 fully saturated rings. The molecule has 5 heteroatoms. The second kappa shape index (κ2) is 2.59. The summed E-state index contributed by atoms with van der Waals surface area (Å²) in [6.07, 6.45) is 0.